The first kappa shape index (κ1) is 13.6. The fraction of sp³-hybridized carbons (Fsp3) is 0.438. The van der Waals surface area contributed by atoms with Gasteiger partial charge in [-0.1, -0.05) is 6.92 Å². The van der Waals surface area contributed by atoms with Gasteiger partial charge in [-0.2, -0.15) is 5.10 Å². The lowest BCUT2D eigenvalue weighted by Gasteiger charge is -2.15. The Bertz CT molecular complexity index is 675. The molecule has 2 aliphatic rings. The molecule has 0 radical (unpaired) electrons. The third-order valence-electron chi connectivity index (χ3n) is 4.52. The van der Waals surface area contributed by atoms with Gasteiger partial charge in [0.15, 0.2) is 11.5 Å². The van der Waals surface area contributed by atoms with Crippen molar-refractivity contribution < 1.29 is 9.47 Å². The highest BCUT2D eigenvalue weighted by Crippen LogP contribution is 2.36. The molecule has 2 atom stereocenters. The van der Waals surface area contributed by atoms with Gasteiger partial charge in [-0.05, 0) is 24.1 Å². The van der Waals surface area contributed by atoms with Gasteiger partial charge in [0.05, 0.1) is 11.9 Å². The van der Waals surface area contributed by atoms with Gasteiger partial charge in [0, 0.05) is 36.8 Å². The van der Waals surface area contributed by atoms with Gasteiger partial charge in [0.1, 0.15) is 0 Å². The van der Waals surface area contributed by atoms with Crippen molar-refractivity contribution in [3.63, 3.8) is 0 Å². The van der Waals surface area contributed by atoms with Crippen LogP contribution in [0.4, 0.5) is 0 Å². The lowest BCUT2D eigenvalue weighted by atomic mass is 10.1. The molecule has 6 heteroatoms. The maximum absolute atomic E-state index is 6.11. The van der Waals surface area contributed by atoms with Crippen molar-refractivity contribution in [2.24, 2.45) is 11.7 Å². The summed E-state index contributed by atoms with van der Waals surface area (Å²) in [5, 5.41) is 7.32. The number of likely N-dealkylation sites (tertiary alicyclic amines) is 1. The average Bonchev–Trinajstić information content (AvgIpc) is 3.20. The van der Waals surface area contributed by atoms with Crippen LogP contribution in [0.25, 0.3) is 11.3 Å². The van der Waals surface area contributed by atoms with Gasteiger partial charge in [-0.25, -0.2) is 0 Å². The van der Waals surface area contributed by atoms with Gasteiger partial charge in [-0.15, -0.1) is 0 Å². The molecule has 0 amide bonds. The number of aromatic amines is 1. The second-order valence-electron chi connectivity index (χ2n) is 6.17. The van der Waals surface area contributed by atoms with E-state index in [1.807, 2.05) is 24.4 Å². The van der Waals surface area contributed by atoms with E-state index in [9.17, 15) is 0 Å². The number of nitrogens with zero attached hydrogens (tertiary/aromatic N) is 2. The highest BCUT2D eigenvalue weighted by Gasteiger charge is 2.27. The van der Waals surface area contributed by atoms with Crippen LogP contribution in [0, 0.1) is 5.92 Å². The van der Waals surface area contributed by atoms with E-state index >= 15 is 0 Å². The predicted octanol–water partition coefficient (Wildman–Crippen LogP) is 1.58. The molecule has 116 valence electrons. The number of fused-ring (bicyclic) bond motifs is 1. The molecule has 1 aromatic carbocycles. The van der Waals surface area contributed by atoms with E-state index in [-0.39, 0.29) is 12.8 Å². The fourth-order valence-electron chi connectivity index (χ4n) is 3.20. The van der Waals surface area contributed by atoms with Crippen molar-refractivity contribution in [3.8, 4) is 22.8 Å². The number of hydrogen-bond acceptors (Lipinski definition) is 5. The molecule has 22 heavy (non-hydrogen) atoms. The van der Waals surface area contributed by atoms with E-state index in [1.165, 1.54) is 5.56 Å². The summed E-state index contributed by atoms with van der Waals surface area (Å²) in [7, 11) is 0. The van der Waals surface area contributed by atoms with Crippen LogP contribution in [0.15, 0.2) is 24.4 Å². The number of nitrogens with two attached hydrogens (primary N) is 1. The van der Waals surface area contributed by atoms with E-state index in [1.54, 1.807) is 0 Å². The number of hydrogen-bond donors (Lipinski definition) is 2. The average molecular weight is 300 g/mol. The lowest BCUT2D eigenvalue weighted by Crippen LogP contribution is -2.28. The molecular weight excluding hydrogens is 280 g/mol. The van der Waals surface area contributed by atoms with Crippen molar-refractivity contribution in [3.05, 3.63) is 30.0 Å². The standard InChI is InChI=1S/C16H20N4O2/c1-10-6-20(8-13(10)17)7-12-5-18-19-16(12)11-2-3-14-15(4-11)22-9-21-14/h2-5,10,13H,6-9,17H2,1H3,(H,18,19). The topological polar surface area (TPSA) is 76.4 Å². The molecule has 4 rings (SSSR count). The van der Waals surface area contributed by atoms with Gasteiger partial charge >= 0.3 is 0 Å². The zero-order valence-electron chi connectivity index (χ0n) is 12.6. The number of rotatable bonds is 3. The van der Waals surface area contributed by atoms with Crippen LogP contribution in [-0.2, 0) is 6.54 Å². The van der Waals surface area contributed by atoms with Gasteiger partial charge in [-0.3, -0.25) is 10.00 Å². The minimum absolute atomic E-state index is 0.265. The van der Waals surface area contributed by atoms with Gasteiger partial charge in [0.25, 0.3) is 0 Å². The minimum Gasteiger partial charge on any atom is -0.454 e. The largest absolute Gasteiger partial charge is 0.454 e. The third kappa shape index (κ3) is 2.34. The molecule has 2 aromatic rings. The van der Waals surface area contributed by atoms with Crippen LogP contribution < -0.4 is 15.2 Å². The van der Waals surface area contributed by atoms with Crippen LogP contribution in [0.3, 0.4) is 0 Å². The van der Waals surface area contributed by atoms with Crippen molar-refractivity contribution >= 4 is 0 Å². The summed E-state index contributed by atoms with van der Waals surface area (Å²) in [4.78, 5) is 2.39. The van der Waals surface area contributed by atoms with Crippen LogP contribution >= 0.6 is 0 Å². The van der Waals surface area contributed by atoms with E-state index < -0.39 is 0 Å². The zero-order valence-corrected chi connectivity index (χ0v) is 12.6. The Balaban J connectivity index is 1.58. The highest BCUT2D eigenvalue weighted by atomic mass is 16.7. The van der Waals surface area contributed by atoms with E-state index in [0.717, 1.165) is 42.4 Å². The summed E-state index contributed by atoms with van der Waals surface area (Å²) in [5.74, 6) is 2.12. The molecule has 1 aromatic heterocycles. The van der Waals surface area contributed by atoms with Crippen molar-refractivity contribution in [2.75, 3.05) is 19.9 Å². The van der Waals surface area contributed by atoms with Crippen LogP contribution in [0.1, 0.15) is 12.5 Å². The summed E-state index contributed by atoms with van der Waals surface area (Å²) < 4.78 is 10.8. The predicted molar refractivity (Wildman–Crippen MR) is 82.6 cm³/mol. The monoisotopic (exact) mass is 300 g/mol. The van der Waals surface area contributed by atoms with Crippen LogP contribution in [0.2, 0.25) is 0 Å². The quantitative estimate of drug-likeness (QED) is 0.900. The maximum Gasteiger partial charge on any atom is 0.231 e. The fourth-order valence-corrected chi connectivity index (χ4v) is 3.20. The van der Waals surface area contributed by atoms with E-state index in [4.69, 9.17) is 15.2 Å². The molecule has 0 spiro atoms. The molecule has 6 nitrogen and oxygen atoms in total. The first-order chi connectivity index (χ1) is 10.7. The van der Waals surface area contributed by atoms with Crippen LogP contribution in [0.5, 0.6) is 11.5 Å². The van der Waals surface area contributed by atoms with Gasteiger partial charge < -0.3 is 15.2 Å². The molecule has 3 N–H and O–H groups in total. The second-order valence-corrected chi connectivity index (χ2v) is 6.17. The summed E-state index contributed by atoms with van der Waals surface area (Å²) in [6.07, 6.45) is 1.90. The zero-order chi connectivity index (χ0) is 15.1. The minimum atomic E-state index is 0.265. The number of ether oxygens (including phenoxy) is 2. The SMILES string of the molecule is CC1CN(Cc2cn[nH]c2-c2ccc3c(c2)OCO3)CC1N. The van der Waals surface area contributed by atoms with Crippen molar-refractivity contribution in [2.45, 2.75) is 19.5 Å². The Morgan fingerprint density at radius 2 is 2.18 bits per heavy atom. The molecule has 0 aliphatic carbocycles. The molecule has 1 saturated heterocycles. The molecule has 0 bridgehead atoms. The Kier molecular flexibility index (Phi) is 3.28. The molecular formula is C16H20N4O2. The summed E-state index contributed by atoms with van der Waals surface area (Å²) in [6, 6.07) is 6.23. The first-order valence-corrected chi connectivity index (χ1v) is 7.61. The van der Waals surface area contributed by atoms with E-state index in [2.05, 4.69) is 22.0 Å². The Morgan fingerprint density at radius 3 is 3.00 bits per heavy atom. The smallest absolute Gasteiger partial charge is 0.231 e. The lowest BCUT2D eigenvalue weighted by molar-refractivity contribution is 0.174. The summed E-state index contributed by atoms with van der Waals surface area (Å²) >= 11 is 0. The normalized spacial score (nSPS) is 24.1. The van der Waals surface area contributed by atoms with E-state index in [0.29, 0.717) is 5.92 Å². The second kappa shape index (κ2) is 5.30. The Labute approximate surface area is 129 Å². The maximum atomic E-state index is 6.11. The molecule has 3 heterocycles. The summed E-state index contributed by atoms with van der Waals surface area (Å²) in [5.41, 5.74) is 9.39. The number of aromatic nitrogens is 2. The third-order valence-corrected chi connectivity index (χ3v) is 4.52. The Hall–Kier alpha value is -2.05. The van der Waals surface area contributed by atoms with Crippen molar-refractivity contribution in [1.29, 1.82) is 0 Å². The Morgan fingerprint density at radius 1 is 1.32 bits per heavy atom. The number of nitrogens with one attached hydrogen (secondary N) is 1. The first-order valence-electron chi connectivity index (χ1n) is 7.61. The molecule has 0 saturated carbocycles. The molecule has 2 aliphatic heterocycles. The van der Waals surface area contributed by atoms with Gasteiger partial charge in [0.2, 0.25) is 6.79 Å². The highest BCUT2D eigenvalue weighted by molar-refractivity contribution is 5.66. The molecule has 2 unspecified atom stereocenters. The summed E-state index contributed by atoms with van der Waals surface area (Å²) in [6.45, 7) is 5.33. The number of H-pyrrole nitrogens is 1. The van der Waals surface area contributed by atoms with Crippen LogP contribution in [-0.4, -0.2) is 41.0 Å². The van der Waals surface area contributed by atoms with Crippen molar-refractivity contribution in [1.82, 2.24) is 15.1 Å². The molecule has 1 fully saturated rings. The number of benzene rings is 1.